The highest BCUT2D eigenvalue weighted by molar-refractivity contribution is 7.14. The highest BCUT2D eigenvalue weighted by atomic mass is 32.1. The van der Waals surface area contributed by atoms with Crippen molar-refractivity contribution < 1.29 is 9.18 Å². The number of halogens is 1. The first-order valence-electron chi connectivity index (χ1n) is 8.44. The Kier molecular flexibility index (Phi) is 5.28. The molecule has 2 fully saturated rings. The third-order valence-electron chi connectivity index (χ3n) is 4.86. The van der Waals surface area contributed by atoms with Gasteiger partial charge in [0.05, 0.1) is 6.20 Å². The zero-order valence-corrected chi connectivity index (χ0v) is 13.7. The molecule has 2 saturated carbocycles. The zero-order chi connectivity index (χ0) is 15.4. The van der Waals surface area contributed by atoms with Crippen molar-refractivity contribution in [2.24, 2.45) is 0 Å². The summed E-state index contributed by atoms with van der Waals surface area (Å²) in [5.74, 6) is 0. The van der Waals surface area contributed by atoms with Crippen LogP contribution in [0.15, 0.2) is 6.20 Å². The van der Waals surface area contributed by atoms with E-state index in [0.717, 1.165) is 43.2 Å². The van der Waals surface area contributed by atoms with Crippen molar-refractivity contribution in [1.29, 1.82) is 0 Å². The molecule has 0 spiro atoms. The number of rotatable bonds is 3. The molecule has 0 saturated heterocycles. The molecule has 0 bridgehead atoms. The van der Waals surface area contributed by atoms with Crippen molar-refractivity contribution >= 4 is 22.5 Å². The lowest BCUT2D eigenvalue weighted by atomic mass is 9.89. The lowest BCUT2D eigenvalue weighted by Gasteiger charge is -2.41. The molecule has 0 unspecified atom stereocenters. The van der Waals surface area contributed by atoms with Gasteiger partial charge in [-0.3, -0.25) is 5.32 Å². The minimum atomic E-state index is -0.364. The predicted molar refractivity (Wildman–Crippen MR) is 86.7 cm³/mol. The SMILES string of the molecule is O=C(Nc1ncc(F)s1)N(C1CCCCC1)C1CCCCC1. The van der Waals surface area contributed by atoms with Crippen LogP contribution < -0.4 is 5.32 Å². The van der Waals surface area contributed by atoms with Crippen molar-refractivity contribution in [3.05, 3.63) is 11.3 Å². The summed E-state index contributed by atoms with van der Waals surface area (Å²) in [4.78, 5) is 18.8. The number of thiazole rings is 1. The van der Waals surface area contributed by atoms with E-state index in [9.17, 15) is 9.18 Å². The second-order valence-corrected chi connectivity index (χ2v) is 7.37. The fourth-order valence-electron chi connectivity index (χ4n) is 3.82. The summed E-state index contributed by atoms with van der Waals surface area (Å²) in [5, 5.41) is 2.81. The maximum absolute atomic E-state index is 13.1. The van der Waals surface area contributed by atoms with Crippen molar-refractivity contribution in [2.45, 2.75) is 76.3 Å². The van der Waals surface area contributed by atoms with Crippen LogP contribution >= 0.6 is 11.3 Å². The van der Waals surface area contributed by atoms with E-state index in [1.165, 1.54) is 38.5 Å². The van der Waals surface area contributed by atoms with Crippen molar-refractivity contribution in [1.82, 2.24) is 9.88 Å². The summed E-state index contributed by atoms with van der Waals surface area (Å²) in [6, 6.07) is 0.580. The van der Waals surface area contributed by atoms with E-state index in [-0.39, 0.29) is 11.2 Å². The van der Waals surface area contributed by atoms with Crippen LogP contribution in [0.4, 0.5) is 14.3 Å². The van der Waals surface area contributed by atoms with Gasteiger partial charge >= 0.3 is 6.03 Å². The molecule has 6 heteroatoms. The lowest BCUT2D eigenvalue weighted by molar-refractivity contribution is 0.114. The van der Waals surface area contributed by atoms with Gasteiger partial charge in [-0.25, -0.2) is 9.78 Å². The number of carbonyl (C=O) groups is 1. The number of urea groups is 1. The van der Waals surface area contributed by atoms with Crippen molar-refractivity contribution in [2.75, 3.05) is 5.32 Å². The van der Waals surface area contributed by atoms with Gasteiger partial charge in [0.1, 0.15) is 0 Å². The summed E-state index contributed by atoms with van der Waals surface area (Å²) in [6.07, 6.45) is 12.9. The van der Waals surface area contributed by atoms with E-state index in [2.05, 4.69) is 15.2 Å². The maximum atomic E-state index is 13.1. The molecule has 1 aromatic rings. The third kappa shape index (κ3) is 3.77. The van der Waals surface area contributed by atoms with Gasteiger partial charge in [0.2, 0.25) is 0 Å². The average molecular weight is 325 g/mol. The molecule has 122 valence electrons. The lowest BCUT2D eigenvalue weighted by Crippen LogP contribution is -2.50. The van der Waals surface area contributed by atoms with Crippen molar-refractivity contribution in [3.63, 3.8) is 0 Å². The minimum absolute atomic E-state index is 0.0897. The summed E-state index contributed by atoms with van der Waals surface area (Å²) in [7, 11) is 0. The molecule has 1 N–H and O–H groups in total. The zero-order valence-electron chi connectivity index (χ0n) is 12.9. The van der Waals surface area contributed by atoms with Crippen molar-refractivity contribution in [3.8, 4) is 0 Å². The van der Waals surface area contributed by atoms with Gasteiger partial charge in [0.15, 0.2) is 10.3 Å². The molecular weight excluding hydrogens is 301 g/mol. The highest BCUT2D eigenvalue weighted by Gasteiger charge is 2.32. The largest absolute Gasteiger partial charge is 0.324 e. The molecule has 1 aromatic heterocycles. The minimum Gasteiger partial charge on any atom is -0.319 e. The fraction of sp³-hybridized carbons (Fsp3) is 0.750. The van der Waals surface area contributed by atoms with Gasteiger partial charge in [0, 0.05) is 12.1 Å². The second kappa shape index (κ2) is 7.40. The van der Waals surface area contributed by atoms with Crippen LogP contribution in [-0.4, -0.2) is 28.0 Å². The Labute approximate surface area is 135 Å². The first kappa shape index (κ1) is 15.7. The van der Waals surface area contributed by atoms with Crippen LogP contribution in [-0.2, 0) is 0 Å². The quantitative estimate of drug-likeness (QED) is 0.869. The van der Waals surface area contributed by atoms with E-state index in [4.69, 9.17) is 0 Å². The van der Waals surface area contributed by atoms with Crippen LogP contribution in [0.3, 0.4) is 0 Å². The standard InChI is InChI=1S/C16H24FN3OS/c17-14-11-18-15(22-14)19-16(21)20(12-7-3-1-4-8-12)13-9-5-2-6-10-13/h11-13H,1-10H2,(H,18,19,21). The van der Waals surface area contributed by atoms with Gasteiger partial charge < -0.3 is 4.90 Å². The summed E-state index contributed by atoms with van der Waals surface area (Å²) in [5.41, 5.74) is 0. The highest BCUT2D eigenvalue weighted by Crippen LogP contribution is 2.31. The molecular formula is C16H24FN3OS. The maximum Gasteiger partial charge on any atom is 0.324 e. The Morgan fingerprint density at radius 1 is 1.09 bits per heavy atom. The first-order chi connectivity index (χ1) is 10.7. The average Bonchev–Trinajstić information content (AvgIpc) is 2.95. The molecule has 0 aromatic carbocycles. The topological polar surface area (TPSA) is 45.2 Å². The molecule has 3 rings (SSSR count). The Bertz CT molecular complexity index is 477. The van der Waals surface area contributed by atoms with Gasteiger partial charge in [-0.2, -0.15) is 4.39 Å². The first-order valence-corrected chi connectivity index (χ1v) is 9.26. The number of anilines is 1. The Hall–Kier alpha value is -1.17. The summed E-state index contributed by atoms with van der Waals surface area (Å²) >= 11 is 0.890. The number of nitrogens with zero attached hydrogens (tertiary/aromatic N) is 2. The monoisotopic (exact) mass is 325 g/mol. The molecule has 4 nitrogen and oxygen atoms in total. The number of amides is 2. The van der Waals surface area contributed by atoms with Gasteiger partial charge in [-0.1, -0.05) is 49.9 Å². The number of carbonyl (C=O) groups excluding carboxylic acids is 1. The van der Waals surface area contributed by atoms with Gasteiger partial charge in [0.25, 0.3) is 0 Å². The van der Waals surface area contributed by atoms with Crippen LogP contribution in [0.5, 0.6) is 0 Å². The van der Waals surface area contributed by atoms with Crippen LogP contribution in [0.2, 0.25) is 0 Å². The predicted octanol–water partition coefficient (Wildman–Crippen LogP) is 4.78. The number of nitrogens with one attached hydrogen (secondary N) is 1. The summed E-state index contributed by atoms with van der Waals surface area (Å²) < 4.78 is 13.1. The molecule has 0 aliphatic heterocycles. The van der Waals surface area contributed by atoms with E-state index < -0.39 is 0 Å². The smallest absolute Gasteiger partial charge is 0.319 e. The van der Waals surface area contributed by atoms with Gasteiger partial charge in [-0.15, -0.1) is 0 Å². The molecule has 2 aliphatic carbocycles. The molecule has 0 atom stereocenters. The number of hydrogen-bond acceptors (Lipinski definition) is 3. The normalized spacial score (nSPS) is 20.8. The Morgan fingerprint density at radius 2 is 1.64 bits per heavy atom. The van der Waals surface area contributed by atoms with E-state index in [0.29, 0.717) is 17.2 Å². The Morgan fingerprint density at radius 3 is 2.09 bits per heavy atom. The van der Waals surface area contributed by atoms with Crippen LogP contribution in [0.1, 0.15) is 64.2 Å². The van der Waals surface area contributed by atoms with Gasteiger partial charge in [-0.05, 0) is 25.7 Å². The number of hydrogen-bond donors (Lipinski definition) is 1. The molecule has 2 aliphatic rings. The molecule has 2 amide bonds. The second-order valence-electron chi connectivity index (χ2n) is 6.39. The van der Waals surface area contributed by atoms with E-state index in [1.54, 1.807) is 0 Å². The third-order valence-corrected chi connectivity index (χ3v) is 5.56. The molecule has 0 radical (unpaired) electrons. The van der Waals surface area contributed by atoms with Crippen LogP contribution in [0, 0.1) is 5.13 Å². The van der Waals surface area contributed by atoms with E-state index in [1.807, 2.05) is 0 Å². The fourth-order valence-corrected chi connectivity index (χ4v) is 4.35. The molecule has 1 heterocycles. The number of aromatic nitrogens is 1. The van der Waals surface area contributed by atoms with Crippen LogP contribution in [0.25, 0.3) is 0 Å². The Balaban J connectivity index is 1.72. The summed E-state index contributed by atoms with van der Waals surface area (Å²) in [6.45, 7) is 0. The van der Waals surface area contributed by atoms with E-state index >= 15 is 0 Å². The molecule has 22 heavy (non-hydrogen) atoms.